The number of carbonyl (C=O) groups excluding carboxylic acids is 1. The number of benzene rings is 1. The van der Waals surface area contributed by atoms with Crippen LogP contribution in [0.25, 0.3) is 0 Å². The lowest BCUT2D eigenvalue weighted by atomic mass is 9.63. The average Bonchev–Trinajstić information content (AvgIpc) is 2.40. The summed E-state index contributed by atoms with van der Waals surface area (Å²) in [4.78, 5) is 12.8. The summed E-state index contributed by atoms with van der Waals surface area (Å²) in [6, 6.07) is 7.53. The molecule has 2 N–H and O–H groups in total. The van der Waals surface area contributed by atoms with Gasteiger partial charge >= 0.3 is 0 Å². The van der Waals surface area contributed by atoms with Gasteiger partial charge in [-0.25, -0.2) is 0 Å². The van der Waals surface area contributed by atoms with Crippen molar-refractivity contribution in [2.75, 3.05) is 0 Å². The number of rotatable bonds is 3. The van der Waals surface area contributed by atoms with Crippen LogP contribution in [0, 0.1) is 0 Å². The second-order valence-electron chi connectivity index (χ2n) is 6.38. The van der Waals surface area contributed by atoms with Gasteiger partial charge in [0, 0.05) is 5.02 Å². The Morgan fingerprint density at radius 2 is 2.00 bits per heavy atom. The lowest BCUT2D eigenvalue weighted by Gasteiger charge is -2.42. The zero-order valence-electron chi connectivity index (χ0n) is 12.1. The van der Waals surface area contributed by atoms with E-state index in [4.69, 9.17) is 11.6 Å². The number of aliphatic hydroxyl groups excluding tert-OH is 1. The number of hydrogen-bond donors (Lipinski definition) is 2. The first-order valence-electron chi connectivity index (χ1n) is 7.87. The van der Waals surface area contributed by atoms with E-state index >= 15 is 0 Å². The summed E-state index contributed by atoms with van der Waals surface area (Å²) in [7, 11) is 0. The number of amides is 1. The van der Waals surface area contributed by atoms with Gasteiger partial charge in [0.25, 0.3) is 0 Å². The Bertz CT molecular complexity index is 527. The van der Waals surface area contributed by atoms with E-state index in [2.05, 4.69) is 5.32 Å². The Morgan fingerprint density at radius 3 is 2.62 bits per heavy atom. The molecule has 0 aliphatic heterocycles. The van der Waals surface area contributed by atoms with Crippen LogP contribution < -0.4 is 5.32 Å². The van der Waals surface area contributed by atoms with Crippen LogP contribution in [0.4, 0.5) is 0 Å². The molecule has 3 nitrogen and oxygen atoms in total. The minimum absolute atomic E-state index is 0.0574. The Balaban J connectivity index is 1.77. The molecule has 3 rings (SSSR count). The van der Waals surface area contributed by atoms with Gasteiger partial charge in [-0.15, -0.1) is 0 Å². The van der Waals surface area contributed by atoms with Crippen LogP contribution in [-0.2, 0) is 10.2 Å². The highest BCUT2D eigenvalue weighted by Crippen LogP contribution is 2.44. The third kappa shape index (κ3) is 2.82. The average molecular weight is 308 g/mol. The number of aliphatic hydroxyl groups is 1. The predicted molar refractivity (Wildman–Crippen MR) is 83.4 cm³/mol. The molecule has 0 unspecified atom stereocenters. The van der Waals surface area contributed by atoms with Crippen molar-refractivity contribution in [3.05, 3.63) is 34.9 Å². The smallest absolute Gasteiger partial charge is 0.230 e. The third-order valence-corrected chi connectivity index (χ3v) is 5.30. The quantitative estimate of drug-likeness (QED) is 0.901. The first-order chi connectivity index (χ1) is 10.1. The van der Waals surface area contributed by atoms with Crippen molar-refractivity contribution in [3.8, 4) is 0 Å². The molecular weight excluding hydrogens is 286 g/mol. The lowest BCUT2D eigenvalue weighted by molar-refractivity contribution is -0.132. The second-order valence-corrected chi connectivity index (χ2v) is 6.81. The first kappa shape index (κ1) is 14.9. The topological polar surface area (TPSA) is 49.3 Å². The zero-order valence-corrected chi connectivity index (χ0v) is 12.9. The number of nitrogens with one attached hydrogen (secondary N) is 1. The molecule has 2 aliphatic rings. The van der Waals surface area contributed by atoms with E-state index < -0.39 is 11.5 Å². The highest BCUT2D eigenvalue weighted by molar-refractivity contribution is 6.30. The first-order valence-corrected chi connectivity index (χ1v) is 8.25. The van der Waals surface area contributed by atoms with Crippen LogP contribution in [-0.4, -0.2) is 23.2 Å². The molecule has 1 amide bonds. The van der Waals surface area contributed by atoms with E-state index in [0.29, 0.717) is 5.02 Å². The van der Waals surface area contributed by atoms with Crippen molar-refractivity contribution in [3.63, 3.8) is 0 Å². The highest BCUT2D eigenvalue weighted by atomic mass is 35.5. The number of carbonyl (C=O) groups is 1. The van der Waals surface area contributed by atoms with Crippen molar-refractivity contribution < 1.29 is 9.90 Å². The molecule has 1 aromatic rings. The Labute approximate surface area is 130 Å². The van der Waals surface area contributed by atoms with E-state index in [9.17, 15) is 9.90 Å². The van der Waals surface area contributed by atoms with Crippen molar-refractivity contribution in [2.45, 2.75) is 62.5 Å². The molecule has 0 heterocycles. The molecule has 0 spiro atoms. The van der Waals surface area contributed by atoms with E-state index in [1.807, 2.05) is 24.3 Å². The summed E-state index contributed by atoms with van der Waals surface area (Å²) in [5, 5.41) is 13.8. The Hall–Kier alpha value is -1.06. The summed E-state index contributed by atoms with van der Waals surface area (Å²) >= 11 is 6.08. The van der Waals surface area contributed by atoms with Crippen molar-refractivity contribution in [2.24, 2.45) is 0 Å². The van der Waals surface area contributed by atoms with Crippen molar-refractivity contribution in [1.82, 2.24) is 5.32 Å². The van der Waals surface area contributed by atoms with Gasteiger partial charge in [-0.3, -0.25) is 4.79 Å². The van der Waals surface area contributed by atoms with E-state index in [1.165, 1.54) is 0 Å². The van der Waals surface area contributed by atoms with Crippen LogP contribution in [0.5, 0.6) is 0 Å². The molecule has 2 aliphatic carbocycles. The van der Waals surface area contributed by atoms with Crippen LogP contribution in [0.2, 0.25) is 5.02 Å². The maximum atomic E-state index is 12.8. The van der Waals surface area contributed by atoms with Gasteiger partial charge in [0.15, 0.2) is 0 Å². The van der Waals surface area contributed by atoms with E-state index in [1.54, 1.807) is 0 Å². The maximum Gasteiger partial charge on any atom is 0.230 e. The molecule has 114 valence electrons. The summed E-state index contributed by atoms with van der Waals surface area (Å²) in [5.41, 5.74) is 0.561. The molecule has 0 aromatic heterocycles. The molecule has 0 radical (unpaired) electrons. The van der Waals surface area contributed by atoms with E-state index in [-0.39, 0.29) is 11.9 Å². The number of halogens is 1. The van der Waals surface area contributed by atoms with Gasteiger partial charge in [0.2, 0.25) is 5.91 Å². The fraction of sp³-hybridized carbons (Fsp3) is 0.588. The normalized spacial score (nSPS) is 27.7. The highest BCUT2D eigenvalue weighted by Gasteiger charge is 2.46. The molecular formula is C17H22ClNO2. The van der Waals surface area contributed by atoms with Gasteiger partial charge in [0.05, 0.1) is 17.6 Å². The minimum atomic E-state index is -0.442. The van der Waals surface area contributed by atoms with Gasteiger partial charge in [-0.05, 0) is 43.4 Å². The standard InChI is InChI=1S/C17H22ClNO2/c18-13-6-3-5-12(11-13)17(9-4-10-17)16(21)19-14-7-1-2-8-15(14)20/h3,5-6,11,14-15,20H,1-2,4,7-10H2,(H,19,21)/t14-,15-/m0/s1. The van der Waals surface area contributed by atoms with Gasteiger partial charge in [-0.2, -0.15) is 0 Å². The van der Waals surface area contributed by atoms with E-state index in [0.717, 1.165) is 50.5 Å². The summed E-state index contributed by atoms with van der Waals surface area (Å²) in [5.74, 6) is 0.0574. The largest absolute Gasteiger partial charge is 0.391 e. The lowest BCUT2D eigenvalue weighted by Crippen LogP contribution is -2.55. The predicted octanol–water partition coefficient (Wildman–Crippen LogP) is 3.18. The SMILES string of the molecule is O=C(N[C@H]1CCCC[C@@H]1O)C1(c2cccc(Cl)c2)CCC1. The molecule has 2 atom stereocenters. The molecule has 0 saturated heterocycles. The van der Waals surface area contributed by atoms with Crippen LogP contribution >= 0.6 is 11.6 Å². The molecule has 0 bridgehead atoms. The maximum absolute atomic E-state index is 12.8. The summed E-state index contributed by atoms with van der Waals surface area (Å²) in [6.07, 6.45) is 6.17. The Morgan fingerprint density at radius 1 is 1.24 bits per heavy atom. The van der Waals surface area contributed by atoms with Crippen LogP contribution in [0.15, 0.2) is 24.3 Å². The molecule has 1 aromatic carbocycles. The van der Waals surface area contributed by atoms with Crippen LogP contribution in [0.1, 0.15) is 50.5 Å². The van der Waals surface area contributed by atoms with Gasteiger partial charge in [0.1, 0.15) is 0 Å². The minimum Gasteiger partial charge on any atom is -0.391 e. The fourth-order valence-corrected chi connectivity index (χ4v) is 3.74. The molecule has 2 saturated carbocycles. The van der Waals surface area contributed by atoms with Crippen LogP contribution in [0.3, 0.4) is 0 Å². The third-order valence-electron chi connectivity index (χ3n) is 5.06. The summed E-state index contributed by atoms with van der Waals surface area (Å²) in [6.45, 7) is 0. The van der Waals surface area contributed by atoms with Crippen molar-refractivity contribution >= 4 is 17.5 Å². The second kappa shape index (κ2) is 5.98. The van der Waals surface area contributed by atoms with Gasteiger partial charge < -0.3 is 10.4 Å². The number of hydrogen-bond acceptors (Lipinski definition) is 2. The fourth-order valence-electron chi connectivity index (χ4n) is 3.55. The van der Waals surface area contributed by atoms with Crippen molar-refractivity contribution in [1.29, 1.82) is 0 Å². The molecule has 4 heteroatoms. The van der Waals surface area contributed by atoms with Gasteiger partial charge in [-0.1, -0.05) is 43.0 Å². The molecule has 21 heavy (non-hydrogen) atoms. The zero-order chi connectivity index (χ0) is 14.9. The monoisotopic (exact) mass is 307 g/mol. The summed E-state index contributed by atoms with van der Waals surface area (Å²) < 4.78 is 0. The molecule has 2 fully saturated rings. The Kier molecular flexibility index (Phi) is 4.23.